The first kappa shape index (κ1) is 17.3. The zero-order valence-electron chi connectivity index (χ0n) is 13.5. The fourth-order valence-corrected chi connectivity index (χ4v) is 2.99. The van der Waals surface area contributed by atoms with Crippen molar-refractivity contribution < 1.29 is 18.3 Å². The minimum Gasteiger partial charge on any atom is -0.381 e. The van der Waals surface area contributed by atoms with E-state index in [1.165, 1.54) is 6.07 Å². The summed E-state index contributed by atoms with van der Waals surface area (Å²) in [7, 11) is 0. The molecule has 0 saturated carbocycles. The molecule has 1 aliphatic heterocycles. The van der Waals surface area contributed by atoms with E-state index in [1.807, 2.05) is 6.07 Å². The van der Waals surface area contributed by atoms with E-state index >= 15 is 0 Å². The topological polar surface area (TPSA) is 63.2 Å². The first-order valence-corrected chi connectivity index (χ1v) is 8.14. The SMILES string of the molecule is O=C(Nc1c(F)cccc1F)N[C@H](c1cccnc1)C1CCOCC1. The Bertz CT molecular complexity index is 701. The number of benzene rings is 1. The third kappa shape index (κ3) is 4.30. The van der Waals surface area contributed by atoms with Crippen LogP contribution in [0.15, 0.2) is 42.7 Å². The molecule has 2 amide bonds. The lowest BCUT2D eigenvalue weighted by Crippen LogP contribution is -2.38. The summed E-state index contributed by atoms with van der Waals surface area (Å²) in [5.74, 6) is -1.48. The van der Waals surface area contributed by atoms with Crippen LogP contribution in [-0.2, 0) is 4.74 Å². The van der Waals surface area contributed by atoms with Crippen LogP contribution >= 0.6 is 0 Å². The molecule has 3 rings (SSSR count). The number of carbonyl (C=O) groups excluding carboxylic acids is 1. The second kappa shape index (κ2) is 8.02. The number of hydrogen-bond donors (Lipinski definition) is 2. The smallest absolute Gasteiger partial charge is 0.319 e. The predicted octanol–water partition coefficient (Wildman–Crippen LogP) is 3.65. The van der Waals surface area contributed by atoms with E-state index in [4.69, 9.17) is 4.74 Å². The Hall–Kier alpha value is -2.54. The Morgan fingerprint density at radius 3 is 2.52 bits per heavy atom. The molecule has 1 aliphatic rings. The molecule has 1 fully saturated rings. The van der Waals surface area contributed by atoms with E-state index in [2.05, 4.69) is 15.6 Å². The molecule has 0 unspecified atom stereocenters. The number of para-hydroxylation sites is 1. The van der Waals surface area contributed by atoms with Crippen LogP contribution in [0.5, 0.6) is 0 Å². The van der Waals surface area contributed by atoms with Gasteiger partial charge >= 0.3 is 6.03 Å². The van der Waals surface area contributed by atoms with Gasteiger partial charge in [0.05, 0.1) is 6.04 Å². The Balaban J connectivity index is 1.76. The molecule has 1 aromatic carbocycles. The van der Waals surface area contributed by atoms with Crippen molar-refractivity contribution >= 4 is 11.7 Å². The number of aromatic nitrogens is 1. The van der Waals surface area contributed by atoms with Crippen LogP contribution in [0.4, 0.5) is 19.3 Å². The number of rotatable bonds is 4. The molecule has 5 nitrogen and oxygen atoms in total. The number of hydrogen-bond acceptors (Lipinski definition) is 3. The summed E-state index contributed by atoms with van der Waals surface area (Å²) in [6.07, 6.45) is 4.91. The molecule has 2 aromatic rings. The average molecular weight is 347 g/mol. The van der Waals surface area contributed by atoms with E-state index < -0.39 is 23.4 Å². The summed E-state index contributed by atoms with van der Waals surface area (Å²) in [6.45, 7) is 1.24. The number of pyridine rings is 1. The summed E-state index contributed by atoms with van der Waals surface area (Å²) in [5, 5.41) is 5.09. The minimum atomic E-state index is -0.820. The molecule has 7 heteroatoms. The number of nitrogens with one attached hydrogen (secondary N) is 2. The summed E-state index contributed by atoms with van der Waals surface area (Å²) < 4.78 is 32.8. The van der Waals surface area contributed by atoms with E-state index in [1.54, 1.807) is 18.5 Å². The van der Waals surface area contributed by atoms with E-state index in [0.717, 1.165) is 30.5 Å². The normalized spacial score (nSPS) is 16.2. The van der Waals surface area contributed by atoms with E-state index in [0.29, 0.717) is 13.2 Å². The Labute approximate surface area is 144 Å². The fourth-order valence-electron chi connectivity index (χ4n) is 2.99. The number of nitrogens with zero attached hydrogens (tertiary/aromatic N) is 1. The van der Waals surface area contributed by atoms with Crippen molar-refractivity contribution in [2.75, 3.05) is 18.5 Å². The zero-order valence-corrected chi connectivity index (χ0v) is 13.5. The number of halogens is 2. The monoisotopic (exact) mass is 347 g/mol. The first-order chi connectivity index (χ1) is 12.1. The van der Waals surface area contributed by atoms with Gasteiger partial charge in [-0.05, 0) is 42.5 Å². The van der Waals surface area contributed by atoms with Gasteiger partial charge in [-0.1, -0.05) is 12.1 Å². The second-order valence-electron chi connectivity index (χ2n) is 5.91. The van der Waals surface area contributed by atoms with Gasteiger partial charge in [0.25, 0.3) is 0 Å². The largest absolute Gasteiger partial charge is 0.381 e. The molecule has 1 atom stereocenters. The summed E-state index contributed by atoms with van der Waals surface area (Å²) in [4.78, 5) is 16.4. The number of urea groups is 1. The zero-order chi connectivity index (χ0) is 17.6. The second-order valence-corrected chi connectivity index (χ2v) is 5.91. The third-order valence-electron chi connectivity index (χ3n) is 4.27. The van der Waals surface area contributed by atoms with Gasteiger partial charge in [0.15, 0.2) is 0 Å². The highest BCUT2D eigenvalue weighted by molar-refractivity contribution is 5.89. The lowest BCUT2D eigenvalue weighted by molar-refractivity contribution is 0.0550. The average Bonchev–Trinajstić information content (AvgIpc) is 2.64. The molecular formula is C18H19F2N3O2. The summed E-state index contributed by atoms with van der Waals surface area (Å²) in [5.41, 5.74) is 0.385. The van der Waals surface area contributed by atoms with Gasteiger partial charge in [-0.15, -0.1) is 0 Å². The van der Waals surface area contributed by atoms with Crippen molar-refractivity contribution in [3.63, 3.8) is 0 Å². The van der Waals surface area contributed by atoms with Gasteiger partial charge in [-0.2, -0.15) is 0 Å². The van der Waals surface area contributed by atoms with Crippen molar-refractivity contribution in [1.82, 2.24) is 10.3 Å². The van der Waals surface area contributed by atoms with Gasteiger partial charge < -0.3 is 15.4 Å². The molecule has 0 bridgehead atoms. The van der Waals surface area contributed by atoms with E-state index in [-0.39, 0.29) is 12.0 Å². The Kier molecular flexibility index (Phi) is 5.55. The van der Waals surface area contributed by atoms with Crippen LogP contribution in [0, 0.1) is 17.6 Å². The van der Waals surface area contributed by atoms with Crippen LogP contribution in [0.1, 0.15) is 24.4 Å². The number of amides is 2. The van der Waals surface area contributed by atoms with Crippen LogP contribution < -0.4 is 10.6 Å². The number of anilines is 1. The summed E-state index contributed by atoms with van der Waals surface area (Å²) in [6, 6.07) is 6.12. The van der Waals surface area contributed by atoms with Crippen molar-refractivity contribution in [2.45, 2.75) is 18.9 Å². The number of ether oxygens (including phenoxy) is 1. The molecule has 2 N–H and O–H groups in total. The fraction of sp³-hybridized carbons (Fsp3) is 0.333. The standard InChI is InChI=1S/C18H19F2N3O2/c19-14-4-1-5-15(20)17(14)23-18(24)22-16(12-6-9-25-10-7-12)13-3-2-8-21-11-13/h1-5,8,11-12,16H,6-7,9-10H2,(H2,22,23,24)/t16-/m0/s1. The van der Waals surface area contributed by atoms with Crippen molar-refractivity contribution in [3.05, 3.63) is 59.9 Å². The van der Waals surface area contributed by atoms with E-state index in [9.17, 15) is 13.6 Å². The Morgan fingerprint density at radius 1 is 1.16 bits per heavy atom. The lowest BCUT2D eigenvalue weighted by Gasteiger charge is -2.31. The van der Waals surface area contributed by atoms with Crippen molar-refractivity contribution in [2.24, 2.45) is 5.92 Å². The molecule has 132 valence electrons. The van der Waals surface area contributed by atoms with Crippen LogP contribution in [0.25, 0.3) is 0 Å². The lowest BCUT2D eigenvalue weighted by atomic mass is 9.88. The van der Waals surface area contributed by atoms with Crippen molar-refractivity contribution in [3.8, 4) is 0 Å². The van der Waals surface area contributed by atoms with Gasteiger partial charge in [-0.3, -0.25) is 4.98 Å². The maximum absolute atomic E-state index is 13.7. The van der Waals surface area contributed by atoms with Gasteiger partial charge in [0.1, 0.15) is 17.3 Å². The molecule has 1 aromatic heterocycles. The van der Waals surface area contributed by atoms with Gasteiger partial charge in [0.2, 0.25) is 0 Å². The van der Waals surface area contributed by atoms with Crippen molar-refractivity contribution in [1.29, 1.82) is 0 Å². The molecule has 0 radical (unpaired) electrons. The number of carbonyl (C=O) groups is 1. The molecule has 2 heterocycles. The Morgan fingerprint density at radius 2 is 1.88 bits per heavy atom. The minimum absolute atomic E-state index is 0.161. The van der Waals surface area contributed by atoms with Crippen LogP contribution in [-0.4, -0.2) is 24.2 Å². The van der Waals surface area contributed by atoms with Crippen LogP contribution in [0.2, 0.25) is 0 Å². The quantitative estimate of drug-likeness (QED) is 0.887. The maximum atomic E-state index is 13.7. The molecule has 0 spiro atoms. The highest BCUT2D eigenvalue weighted by Gasteiger charge is 2.27. The highest BCUT2D eigenvalue weighted by Crippen LogP contribution is 2.30. The summed E-state index contributed by atoms with van der Waals surface area (Å²) >= 11 is 0. The maximum Gasteiger partial charge on any atom is 0.319 e. The highest BCUT2D eigenvalue weighted by atomic mass is 19.1. The van der Waals surface area contributed by atoms with Gasteiger partial charge in [-0.25, -0.2) is 13.6 Å². The third-order valence-corrected chi connectivity index (χ3v) is 4.27. The molecule has 0 aliphatic carbocycles. The first-order valence-electron chi connectivity index (χ1n) is 8.14. The van der Waals surface area contributed by atoms with Gasteiger partial charge in [0, 0.05) is 25.6 Å². The molecular weight excluding hydrogens is 328 g/mol. The molecule has 25 heavy (non-hydrogen) atoms. The molecule has 1 saturated heterocycles. The van der Waals surface area contributed by atoms with Crippen LogP contribution in [0.3, 0.4) is 0 Å². The predicted molar refractivity (Wildman–Crippen MR) is 89.0 cm³/mol.